The van der Waals surface area contributed by atoms with Crippen molar-refractivity contribution in [3.8, 4) is 0 Å². The molecule has 0 radical (unpaired) electrons. The van der Waals surface area contributed by atoms with E-state index >= 15 is 0 Å². The largest absolute Gasteiger partial charge is 0.417 e. The van der Waals surface area contributed by atoms with E-state index in [1.165, 1.54) is 12.1 Å². The zero-order valence-corrected chi connectivity index (χ0v) is 11.8. The van der Waals surface area contributed by atoms with Gasteiger partial charge in [-0.1, -0.05) is 18.2 Å². The molecule has 0 atom stereocenters. The van der Waals surface area contributed by atoms with Gasteiger partial charge < -0.3 is 0 Å². The van der Waals surface area contributed by atoms with Crippen molar-refractivity contribution >= 4 is 11.6 Å². The lowest BCUT2D eigenvalue weighted by Gasteiger charge is -2.14. The predicted octanol–water partition coefficient (Wildman–Crippen LogP) is 4.48. The normalized spacial score (nSPS) is 11.9. The van der Waals surface area contributed by atoms with Crippen LogP contribution < -0.4 is 10.9 Å². The van der Waals surface area contributed by atoms with E-state index in [0.717, 1.165) is 36.4 Å². The zero-order chi connectivity index (χ0) is 18.0. The van der Waals surface area contributed by atoms with Gasteiger partial charge in [0.1, 0.15) is 0 Å². The topological polar surface area (TPSA) is 41.1 Å². The van der Waals surface area contributed by atoms with Crippen LogP contribution in [-0.2, 0) is 12.4 Å². The molecule has 0 spiro atoms. The summed E-state index contributed by atoms with van der Waals surface area (Å²) in [4.78, 5) is 11.9. The van der Waals surface area contributed by atoms with Gasteiger partial charge in [-0.3, -0.25) is 15.6 Å². The molecule has 2 N–H and O–H groups in total. The molecule has 1 amide bonds. The van der Waals surface area contributed by atoms with Gasteiger partial charge in [0.25, 0.3) is 5.91 Å². The van der Waals surface area contributed by atoms with Gasteiger partial charge in [-0.15, -0.1) is 0 Å². The van der Waals surface area contributed by atoms with Crippen molar-refractivity contribution in [2.75, 3.05) is 5.43 Å². The molecule has 0 aliphatic heterocycles. The molecular weight excluding hydrogens is 338 g/mol. The van der Waals surface area contributed by atoms with E-state index in [-0.39, 0.29) is 5.69 Å². The Morgan fingerprint density at radius 1 is 0.833 bits per heavy atom. The molecule has 0 heterocycles. The summed E-state index contributed by atoms with van der Waals surface area (Å²) in [7, 11) is 0. The molecule has 3 nitrogen and oxygen atoms in total. The Balaban J connectivity index is 2.15. The molecule has 0 saturated carbocycles. The van der Waals surface area contributed by atoms with E-state index in [1.54, 1.807) is 0 Å². The summed E-state index contributed by atoms with van der Waals surface area (Å²) in [6, 6.07) is 7.94. The van der Waals surface area contributed by atoms with Crippen molar-refractivity contribution in [2.45, 2.75) is 12.4 Å². The Hall–Kier alpha value is -2.71. The number of rotatable bonds is 3. The number of anilines is 1. The molecular formula is C15H10F6N2O. The predicted molar refractivity (Wildman–Crippen MR) is 74.0 cm³/mol. The molecule has 24 heavy (non-hydrogen) atoms. The highest BCUT2D eigenvalue weighted by Gasteiger charge is 2.35. The average molecular weight is 348 g/mol. The molecule has 0 aliphatic carbocycles. The van der Waals surface area contributed by atoms with Gasteiger partial charge in [-0.05, 0) is 30.3 Å². The van der Waals surface area contributed by atoms with Gasteiger partial charge >= 0.3 is 12.4 Å². The maximum atomic E-state index is 12.8. The average Bonchev–Trinajstić information content (AvgIpc) is 2.51. The fourth-order valence-electron chi connectivity index (χ4n) is 1.90. The number of carbonyl (C=O) groups is 1. The maximum Gasteiger partial charge on any atom is 0.417 e. The number of benzene rings is 2. The van der Waals surface area contributed by atoms with Crippen LogP contribution in [0.5, 0.6) is 0 Å². The van der Waals surface area contributed by atoms with Crippen LogP contribution in [0, 0.1) is 0 Å². The molecule has 0 bridgehead atoms. The molecule has 2 rings (SSSR count). The van der Waals surface area contributed by atoms with Gasteiger partial charge in [0.05, 0.1) is 22.4 Å². The number of alkyl halides is 6. The van der Waals surface area contributed by atoms with Gasteiger partial charge in [0.2, 0.25) is 0 Å². The molecule has 2 aromatic carbocycles. The first-order valence-corrected chi connectivity index (χ1v) is 6.49. The number of amides is 1. The van der Waals surface area contributed by atoms with Crippen LogP contribution in [0.15, 0.2) is 48.5 Å². The minimum atomic E-state index is -4.73. The highest BCUT2D eigenvalue weighted by molar-refractivity contribution is 5.96. The van der Waals surface area contributed by atoms with Gasteiger partial charge in [0.15, 0.2) is 0 Å². The summed E-state index contributed by atoms with van der Waals surface area (Å²) < 4.78 is 76.2. The maximum absolute atomic E-state index is 12.8. The molecule has 128 valence electrons. The van der Waals surface area contributed by atoms with Gasteiger partial charge in [-0.2, -0.15) is 26.3 Å². The lowest BCUT2D eigenvalue weighted by molar-refractivity contribution is -0.138. The highest BCUT2D eigenvalue weighted by atomic mass is 19.4. The number of carbonyl (C=O) groups excluding carboxylic acids is 1. The van der Waals surface area contributed by atoms with Crippen molar-refractivity contribution in [3.05, 3.63) is 65.2 Å². The second-order valence-electron chi connectivity index (χ2n) is 4.70. The lowest BCUT2D eigenvalue weighted by Crippen LogP contribution is -2.31. The number of hydrogen-bond donors (Lipinski definition) is 2. The van der Waals surface area contributed by atoms with E-state index in [2.05, 4.69) is 5.43 Å². The Labute approximate surface area is 132 Å². The van der Waals surface area contributed by atoms with E-state index < -0.39 is 35.0 Å². The summed E-state index contributed by atoms with van der Waals surface area (Å²) in [5.41, 5.74) is 1.24. The number of halogens is 6. The van der Waals surface area contributed by atoms with Crippen molar-refractivity contribution < 1.29 is 31.1 Å². The number of hydrogen-bond acceptors (Lipinski definition) is 2. The third kappa shape index (κ3) is 4.18. The van der Waals surface area contributed by atoms with Crippen molar-refractivity contribution in [2.24, 2.45) is 0 Å². The van der Waals surface area contributed by atoms with Crippen molar-refractivity contribution in [1.29, 1.82) is 0 Å². The van der Waals surface area contributed by atoms with E-state index in [1.807, 2.05) is 5.43 Å². The fourth-order valence-corrected chi connectivity index (χ4v) is 1.90. The van der Waals surface area contributed by atoms with Crippen LogP contribution in [-0.4, -0.2) is 5.91 Å². The summed E-state index contributed by atoms with van der Waals surface area (Å²) in [5, 5.41) is 0. The van der Waals surface area contributed by atoms with E-state index in [4.69, 9.17) is 0 Å². The van der Waals surface area contributed by atoms with Gasteiger partial charge in [-0.25, -0.2) is 0 Å². The molecule has 0 unspecified atom stereocenters. The van der Waals surface area contributed by atoms with Crippen molar-refractivity contribution in [3.63, 3.8) is 0 Å². The minimum Gasteiger partial charge on any atom is -0.298 e. The summed E-state index contributed by atoms with van der Waals surface area (Å²) in [6.45, 7) is 0. The molecule has 0 aliphatic rings. The van der Waals surface area contributed by atoms with Crippen LogP contribution in [0.2, 0.25) is 0 Å². The Morgan fingerprint density at radius 3 is 2.12 bits per heavy atom. The van der Waals surface area contributed by atoms with Crippen LogP contribution >= 0.6 is 0 Å². The third-order valence-electron chi connectivity index (χ3n) is 2.99. The Bertz CT molecular complexity index is 739. The van der Waals surface area contributed by atoms with Crippen LogP contribution in [0.1, 0.15) is 21.5 Å². The van der Waals surface area contributed by atoms with Crippen LogP contribution in [0.25, 0.3) is 0 Å². The van der Waals surface area contributed by atoms with E-state index in [9.17, 15) is 31.1 Å². The molecule has 2 aromatic rings. The van der Waals surface area contributed by atoms with Crippen molar-refractivity contribution in [1.82, 2.24) is 5.43 Å². The smallest absolute Gasteiger partial charge is 0.298 e. The third-order valence-corrected chi connectivity index (χ3v) is 2.99. The monoisotopic (exact) mass is 348 g/mol. The molecule has 0 fully saturated rings. The lowest BCUT2D eigenvalue weighted by atomic mass is 10.1. The first-order valence-electron chi connectivity index (χ1n) is 6.49. The molecule has 9 heteroatoms. The summed E-state index contributed by atoms with van der Waals surface area (Å²) in [5.74, 6) is -1.12. The van der Waals surface area contributed by atoms with Crippen LogP contribution in [0.3, 0.4) is 0 Å². The molecule has 0 aromatic heterocycles. The van der Waals surface area contributed by atoms with Gasteiger partial charge in [0, 0.05) is 0 Å². The summed E-state index contributed by atoms with van der Waals surface area (Å²) in [6.07, 6.45) is -9.31. The fraction of sp³-hybridized carbons (Fsp3) is 0.133. The molecule has 0 saturated heterocycles. The number of nitrogens with one attached hydrogen (secondary N) is 2. The highest BCUT2D eigenvalue weighted by Crippen LogP contribution is 2.32. The Kier molecular flexibility index (Phi) is 4.72. The quantitative estimate of drug-likeness (QED) is 0.634. The second kappa shape index (κ2) is 6.42. The second-order valence-corrected chi connectivity index (χ2v) is 4.70. The standard InChI is InChI=1S/C15H10F6N2O/c16-14(17,18)9-4-3-5-10(8-9)22-23-13(24)11-6-1-2-7-12(11)15(19,20)21/h1-8,22H,(H,23,24). The van der Waals surface area contributed by atoms with E-state index in [0.29, 0.717) is 0 Å². The summed E-state index contributed by atoms with van der Waals surface area (Å²) >= 11 is 0. The SMILES string of the molecule is O=C(NNc1cccc(C(F)(F)F)c1)c1ccccc1C(F)(F)F. The first-order chi connectivity index (χ1) is 11.1. The minimum absolute atomic E-state index is 0.123. The van der Waals surface area contributed by atoms with Crippen LogP contribution in [0.4, 0.5) is 32.0 Å². The Morgan fingerprint density at radius 2 is 1.50 bits per heavy atom. The number of hydrazine groups is 1. The first kappa shape index (κ1) is 17.6. The zero-order valence-electron chi connectivity index (χ0n) is 11.8.